The first-order valence-corrected chi connectivity index (χ1v) is 8.20. The molecule has 3 aromatic carbocycles. The number of anilines is 2. The lowest BCUT2D eigenvalue weighted by molar-refractivity contribution is -0.131. The molecule has 27 heavy (non-hydrogen) atoms. The van der Waals surface area contributed by atoms with Crippen LogP contribution in [0.15, 0.2) is 72.8 Å². The molecule has 0 atom stereocenters. The first-order chi connectivity index (χ1) is 13.0. The summed E-state index contributed by atoms with van der Waals surface area (Å²) >= 11 is 0. The molecule has 0 heterocycles. The average molecular weight is 361 g/mol. The van der Waals surface area contributed by atoms with Crippen molar-refractivity contribution in [1.29, 1.82) is 0 Å². The molecule has 2 N–H and O–H groups in total. The van der Waals surface area contributed by atoms with E-state index in [1.807, 2.05) is 42.5 Å². The van der Waals surface area contributed by atoms with Crippen LogP contribution < -0.4 is 5.32 Å². The van der Waals surface area contributed by atoms with E-state index in [0.717, 1.165) is 11.1 Å². The van der Waals surface area contributed by atoms with Crippen molar-refractivity contribution in [1.82, 2.24) is 0 Å². The van der Waals surface area contributed by atoms with Crippen molar-refractivity contribution in [3.05, 3.63) is 95.3 Å². The summed E-state index contributed by atoms with van der Waals surface area (Å²) in [5.41, 5.74) is 2.70. The fourth-order valence-electron chi connectivity index (χ4n) is 2.53. The molecule has 3 rings (SSSR count). The van der Waals surface area contributed by atoms with Gasteiger partial charge >= 0.3 is 5.97 Å². The first-order valence-electron chi connectivity index (χ1n) is 8.20. The number of hydrogen-bond acceptors (Lipinski definition) is 3. The Labute approximate surface area is 155 Å². The molecule has 0 aromatic heterocycles. The molecular weight excluding hydrogens is 345 g/mol. The van der Waals surface area contributed by atoms with E-state index in [2.05, 4.69) is 5.32 Å². The van der Waals surface area contributed by atoms with Crippen molar-refractivity contribution in [2.24, 2.45) is 0 Å². The van der Waals surface area contributed by atoms with E-state index in [4.69, 9.17) is 5.11 Å². The van der Waals surface area contributed by atoms with Gasteiger partial charge in [-0.25, -0.2) is 9.18 Å². The van der Waals surface area contributed by atoms with Gasteiger partial charge in [-0.1, -0.05) is 48.6 Å². The SMILES string of the molecule is O=C(O)C(=O)c1ccc(/C=C/c2ccccc2)cc1Nc1ccc(F)cc1. The maximum absolute atomic E-state index is 13.1. The lowest BCUT2D eigenvalue weighted by Crippen LogP contribution is -2.14. The maximum atomic E-state index is 13.1. The summed E-state index contributed by atoms with van der Waals surface area (Å²) in [7, 11) is 0. The van der Waals surface area contributed by atoms with Crippen LogP contribution in [0.5, 0.6) is 0 Å². The van der Waals surface area contributed by atoms with Crippen LogP contribution in [-0.2, 0) is 4.79 Å². The van der Waals surface area contributed by atoms with Gasteiger partial charge in [0.15, 0.2) is 0 Å². The van der Waals surface area contributed by atoms with E-state index in [1.165, 1.54) is 30.3 Å². The second-order valence-corrected chi connectivity index (χ2v) is 5.82. The molecule has 3 aromatic rings. The number of halogens is 1. The standard InChI is InChI=1S/C22H16FNO3/c23-17-9-11-18(12-10-17)24-20-14-16(7-6-15-4-2-1-3-5-15)8-13-19(20)21(25)22(26)27/h1-14,24H,(H,26,27)/b7-6+. The van der Waals surface area contributed by atoms with Crippen LogP contribution in [0.3, 0.4) is 0 Å². The van der Waals surface area contributed by atoms with Crippen LogP contribution in [0.2, 0.25) is 0 Å². The minimum atomic E-state index is -1.54. The van der Waals surface area contributed by atoms with E-state index in [9.17, 15) is 14.0 Å². The molecule has 0 aliphatic carbocycles. The fourth-order valence-corrected chi connectivity index (χ4v) is 2.53. The van der Waals surface area contributed by atoms with Crippen LogP contribution in [0.1, 0.15) is 21.5 Å². The molecule has 4 nitrogen and oxygen atoms in total. The summed E-state index contributed by atoms with van der Waals surface area (Å²) in [6.45, 7) is 0. The molecule has 5 heteroatoms. The van der Waals surface area contributed by atoms with Crippen LogP contribution in [0, 0.1) is 5.82 Å². The van der Waals surface area contributed by atoms with Crippen LogP contribution in [0.25, 0.3) is 12.2 Å². The lowest BCUT2D eigenvalue weighted by Gasteiger charge is -2.11. The average Bonchev–Trinajstić information content (AvgIpc) is 2.68. The Balaban J connectivity index is 1.95. The number of carbonyl (C=O) groups excluding carboxylic acids is 1. The Kier molecular flexibility index (Phi) is 5.42. The quantitative estimate of drug-likeness (QED) is 0.368. The van der Waals surface area contributed by atoms with Gasteiger partial charge < -0.3 is 10.4 Å². The monoisotopic (exact) mass is 361 g/mol. The summed E-state index contributed by atoms with van der Waals surface area (Å²) in [6, 6.07) is 20.1. The number of Topliss-reactive ketones (excluding diaryl/α,β-unsaturated/α-hetero) is 1. The van der Waals surface area contributed by atoms with Crippen molar-refractivity contribution in [3.63, 3.8) is 0 Å². The van der Waals surface area contributed by atoms with Gasteiger partial charge in [-0.05, 0) is 47.5 Å². The minimum Gasteiger partial charge on any atom is -0.475 e. The van der Waals surface area contributed by atoms with Gasteiger partial charge in [-0.3, -0.25) is 4.79 Å². The topological polar surface area (TPSA) is 66.4 Å². The molecule has 0 bridgehead atoms. The van der Waals surface area contributed by atoms with Crippen LogP contribution in [-0.4, -0.2) is 16.9 Å². The molecule has 0 spiro atoms. The molecule has 0 saturated carbocycles. The van der Waals surface area contributed by atoms with Gasteiger partial charge in [0.2, 0.25) is 0 Å². The van der Waals surface area contributed by atoms with Gasteiger partial charge in [-0.2, -0.15) is 0 Å². The number of carboxylic acids is 1. The molecular formula is C22H16FNO3. The molecule has 134 valence electrons. The minimum absolute atomic E-state index is 0.0312. The molecule has 0 aliphatic heterocycles. The summed E-state index contributed by atoms with van der Waals surface area (Å²) in [6.07, 6.45) is 3.77. The predicted molar refractivity (Wildman–Crippen MR) is 103 cm³/mol. The van der Waals surface area contributed by atoms with Crippen molar-refractivity contribution in [2.75, 3.05) is 5.32 Å². The van der Waals surface area contributed by atoms with E-state index in [1.54, 1.807) is 12.1 Å². The van der Waals surface area contributed by atoms with Crippen LogP contribution >= 0.6 is 0 Å². The number of carboxylic acid groups (broad SMARTS) is 1. The van der Waals surface area contributed by atoms with Gasteiger partial charge in [0.25, 0.3) is 5.78 Å². The fraction of sp³-hybridized carbons (Fsp3) is 0. The number of benzene rings is 3. The molecule has 0 unspecified atom stereocenters. The molecule has 0 aliphatic rings. The number of hydrogen-bond donors (Lipinski definition) is 2. The summed E-state index contributed by atoms with van der Waals surface area (Å²) in [5.74, 6) is -2.94. The Morgan fingerprint density at radius 1 is 0.852 bits per heavy atom. The number of carbonyl (C=O) groups is 2. The zero-order valence-electron chi connectivity index (χ0n) is 14.2. The van der Waals surface area contributed by atoms with Crippen molar-refractivity contribution >= 4 is 35.3 Å². The Morgan fingerprint density at radius 3 is 2.19 bits per heavy atom. The smallest absolute Gasteiger partial charge is 0.377 e. The van der Waals surface area contributed by atoms with Gasteiger partial charge in [0.05, 0.1) is 11.3 Å². The number of ketones is 1. The highest BCUT2D eigenvalue weighted by atomic mass is 19.1. The van der Waals surface area contributed by atoms with Crippen molar-refractivity contribution in [2.45, 2.75) is 0 Å². The van der Waals surface area contributed by atoms with Crippen LogP contribution in [0.4, 0.5) is 15.8 Å². The Bertz CT molecular complexity index is 996. The molecule has 0 amide bonds. The molecule has 0 fully saturated rings. The highest BCUT2D eigenvalue weighted by Crippen LogP contribution is 2.24. The summed E-state index contributed by atoms with van der Waals surface area (Å²) < 4.78 is 13.1. The normalized spacial score (nSPS) is 10.7. The zero-order valence-corrected chi connectivity index (χ0v) is 14.2. The Hall–Kier alpha value is -3.73. The molecule has 0 radical (unpaired) electrons. The van der Waals surface area contributed by atoms with E-state index < -0.39 is 11.8 Å². The number of aliphatic carboxylic acids is 1. The van der Waals surface area contributed by atoms with Gasteiger partial charge in [0, 0.05) is 5.69 Å². The predicted octanol–water partition coefficient (Wildman–Crippen LogP) is 5.01. The van der Waals surface area contributed by atoms with Gasteiger partial charge in [0.1, 0.15) is 5.82 Å². The van der Waals surface area contributed by atoms with E-state index in [0.29, 0.717) is 11.4 Å². The van der Waals surface area contributed by atoms with E-state index in [-0.39, 0.29) is 11.4 Å². The summed E-state index contributed by atoms with van der Waals surface area (Å²) in [5, 5.41) is 12.0. The van der Waals surface area contributed by atoms with Gasteiger partial charge in [-0.15, -0.1) is 0 Å². The third-order valence-corrected chi connectivity index (χ3v) is 3.87. The third-order valence-electron chi connectivity index (χ3n) is 3.87. The highest BCUT2D eigenvalue weighted by molar-refractivity contribution is 6.41. The van der Waals surface area contributed by atoms with E-state index >= 15 is 0 Å². The second-order valence-electron chi connectivity index (χ2n) is 5.82. The lowest BCUT2D eigenvalue weighted by atomic mass is 10.0. The maximum Gasteiger partial charge on any atom is 0.377 e. The van der Waals surface area contributed by atoms with Crippen molar-refractivity contribution < 1.29 is 19.1 Å². The third kappa shape index (κ3) is 4.67. The summed E-state index contributed by atoms with van der Waals surface area (Å²) in [4.78, 5) is 23.1. The molecule has 0 saturated heterocycles. The number of rotatable bonds is 6. The zero-order chi connectivity index (χ0) is 19.2. The first kappa shape index (κ1) is 18.1. The second kappa shape index (κ2) is 8.10. The van der Waals surface area contributed by atoms with Crippen molar-refractivity contribution in [3.8, 4) is 0 Å². The highest BCUT2D eigenvalue weighted by Gasteiger charge is 2.19. The Morgan fingerprint density at radius 2 is 1.52 bits per heavy atom. The number of nitrogens with one attached hydrogen (secondary N) is 1. The largest absolute Gasteiger partial charge is 0.475 e.